The van der Waals surface area contributed by atoms with Crippen LogP contribution in [-0.2, 0) is 0 Å². The highest BCUT2D eigenvalue weighted by molar-refractivity contribution is 4.70. The standard InChI is InChI=1S/C9H18O/c1-8(7-10)9-5-3-2-4-6-9/h8-10H,2-7H2,1H3. The van der Waals surface area contributed by atoms with E-state index >= 15 is 0 Å². The second-order valence-electron chi connectivity index (χ2n) is 3.56. The van der Waals surface area contributed by atoms with Crippen LogP contribution in [-0.4, -0.2) is 11.7 Å². The molecule has 1 heteroatoms. The van der Waals surface area contributed by atoms with Gasteiger partial charge in [-0.2, -0.15) is 0 Å². The van der Waals surface area contributed by atoms with Gasteiger partial charge in [-0.3, -0.25) is 0 Å². The molecule has 1 fully saturated rings. The van der Waals surface area contributed by atoms with Crippen molar-refractivity contribution in [2.45, 2.75) is 39.0 Å². The highest BCUT2D eigenvalue weighted by atomic mass is 16.3. The van der Waals surface area contributed by atoms with E-state index < -0.39 is 0 Å². The molecule has 0 radical (unpaired) electrons. The van der Waals surface area contributed by atoms with Crippen molar-refractivity contribution >= 4 is 0 Å². The van der Waals surface area contributed by atoms with Crippen LogP contribution < -0.4 is 0 Å². The van der Waals surface area contributed by atoms with Crippen molar-refractivity contribution in [1.29, 1.82) is 0 Å². The average molecular weight is 142 g/mol. The lowest BCUT2D eigenvalue weighted by Crippen LogP contribution is -2.17. The van der Waals surface area contributed by atoms with Crippen molar-refractivity contribution < 1.29 is 5.11 Å². The minimum Gasteiger partial charge on any atom is -0.396 e. The van der Waals surface area contributed by atoms with Gasteiger partial charge in [0.05, 0.1) is 0 Å². The van der Waals surface area contributed by atoms with Crippen molar-refractivity contribution in [2.75, 3.05) is 6.61 Å². The number of rotatable bonds is 2. The first-order valence-corrected chi connectivity index (χ1v) is 4.45. The van der Waals surface area contributed by atoms with Gasteiger partial charge in [0, 0.05) is 6.61 Å². The molecule has 0 aromatic rings. The average Bonchev–Trinajstić information content (AvgIpc) is 2.05. The minimum absolute atomic E-state index is 0.380. The molecule has 1 N–H and O–H groups in total. The maximum absolute atomic E-state index is 8.89. The van der Waals surface area contributed by atoms with E-state index in [0.29, 0.717) is 12.5 Å². The fourth-order valence-corrected chi connectivity index (χ4v) is 1.85. The van der Waals surface area contributed by atoms with Crippen LogP contribution in [0.5, 0.6) is 0 Å². The molecule has 0 spiro atoms. The van der Waals surface area contributed by atoms with Crippen LogP contribution in [0.1, 0.15) is 39.0 Å². The summed E-state index contributed by atoms with van der Waals surface area (Å²) in [7, 11) is 0. The zero-order valence-corrected chi connectivity index (χ0v) is 6.84. The van der Waals surface area contributed by atoms with E-state index in [0.717, 1.165) is 5.92 Å². The SMILES string of the molecule is CC(CO)C1CCCCC1. The van der Waals surface area contributed by atoms with Crippen LogP contribution in [0.3, 0.4) is 0 Å². The third-order valence-corrected chi connectivity index (χ3v) is 2.74. The molecular formula is C9H18O. The summed E-state index contributed by atoms with van der Waals surface area (Å²) < 4.78 is 0. The Morgan fingerprint density at radius 2 is 1.90 bits per heavy atom. The predicted octanol–water partition coefficient (Wildman–Crippen LogP) is 2.20. The molecule has 1 atom stereocenters. The van der Waals surface area contributed by atoms with E-state index in [1.165, 1.54) is 32.1 Å². The molecule has 0 aliphatic heterocycles. The smallest absolute Gasteiger partial charge is 0.0459 e. The lowest BCUT2D eigenvalue weighted by atomic mass is 9.81. The minimum atomic E-state index is 0.380. The summed E-state index contributed by atoms with van der Waals surface area (Å²) in [5, 5.41) is 8.89. The van der Waals surface area contributed by atoms with Gasteiger partial charge in [-0.05, 0) is 11.8 Å². The Labute approximate surface area is 63.4 Å². The Balaban J connectivity index is 2.24. The largest absolute Gasteiger partial charge is 0.396 e. The van der Waals surface area contributed by atoms with Gasteiger partial charge in [0.15, 0.2) is 0 Å². The Morgan fingerprint density at radius 1 is 1.30 bits per heavy atom. The van der Waals surface area contributed by atoms with Crippen LogP contribution >= 0.6 is 0 Å². The van der Waals surface area contributed by atoms with E-state index in [1.54, 1.807) is 0 Å². The molecule has 1 unspecified atom stereocenters. The molecule has 10 heavy (non-hydrogen) atoms. The quantitative estimate of drug-likeness (QED) is 0.626. The van der Waals surface area contributed by atoms with Crippen LogP contribution in [0.25, 0.3) is 0 Å². The highest BCUT2D eigenvalue weighted by Crippen LogP contribution is 2.29. The number of aliphatic hydroxyl groups is 1. The molecule has 1 aliphatic carbocycles. The molecule has 0 bridgehead atoms. The second-order valence-corrected chi connectivity index (χ2v) is 3.56. The molecule has 0 aromatic carbocycles. The molecule has 1 saturated carbocycles. The maximum Gasteiger partial charge on any atom is 0.0459 e. The summed E-state index contributed by atoms with van der Waals surface area (Å²) in [4.78, 5) is 0. The fraction of sp³-hybridized carbons (Fsp3) is 1.00. The summed E-state index contributed by atoms with van der Waals surface area (Å²) in [6, 6.07) is 0. The summed E-state index contributed by atoms with van der Waals surface area (Å²) in [5.74, 6) is 1.36. The second kappa shape index (κ2) is 3.97. The summed E-state index contributed by atoms with van der Waals surface area (Å²) in [6.45, 7) is 2.54. The monoisotopic (exact) mass is 142 g/mol. The Hall–Kier alpha value is -0.0400. The molecule has 1 nitrogen and oxygen atoms in total. The fourth-order valence-electron chi connectivity index (χ4n) is 1.85. The van der Waals surface area contributed by atoms with Gasteiger partial charge in [0.1, 0.15) is 0 Å². The van der Waals surface area contributed by atoms with E-state index in [4.69, 9.17) is 5.11 Å². The van der Waals surface area contributed by atoms with E-state index in [-0.39, 0.29) is 0 Å². The zero-order chi connectivity index (χ0) is 7.40. The summed E-state index contributed by atoms with van der Waals surface area (Å²) >= 11 is 0. The Morgan fingerprint density at radius 3 is 2.40 bits per heavy atom. The molecule has 1 aliphatic rings. The number of hydrogen-bond donors (Lipinski definition) is 1. The van der Waals surface area contributed by atoms with Crippen molar-refractivity contribution in [3.05, 3.63) is 0 Å². The number of aliphatic hydroxyl groups excluding tert-OH is 1. The van der Waals surface area contributed by atoms with Gasteiger partial charge < -0.3 is 5.11 Å². The zero-order valence-electron chi connectivity index (χ0n) is 6.84. The van der Waals surface area contributed by atoms with Gasteiger partial charge in [-0.1, -0.05) is 39.0 Å². The maximum atomic E-state index is 8.89. The lowest BCUT2D eigenvalue weighted by Gasteiger charge is -2.25. The molecule has 0 amide bonds. The first kappa shape index (κ1) is 8.06. The van der Waals surface area contributed by atoms with Crippen molar-refractivity contribution in [1.82, 2.24) is 0 Å². The molecular weight excluding hydrogens is 124 g/mol. The topological polar surface area (TPSA) is 20.2 Å². The van der Waals surface area contributed by atoms with E-state index in [9.17, 15) is 0 Å². The lowest BCUT2D eigenvalue weighted by molar-refractivity contribution is 0.160. The summed E-state index contributed by atoms with van der Waals surface area (Å²) in [6.07, 6.45) is 6.88. The van der Waals surface area contributed by atoms with Crippen LogP contribution in [0, 0.1) is 11.8 Å². The Bertz CT molecular complexity index is 84.7. The van der Waals surface area contributed by atoms with Gasteiger partial charge in [-0.25, -0.2) is 0 Å². The molecule has 1 rings (SSSR count). The molecule has 0 aromatic heterocycles. The first-order valence-electron chi connectivity index (χ1n) is 4.45. The Kier molecular flexibility index (Phi) is 3.20. The normalized spacial score (nSPS) is 24.6. The molecule has 0 saturated heterocycles. The highest BCUT2D eigenvalue weighted by Gasteiger charge is 2.18. The van der Waals surface area contributed by atoms with Crippen molar-refractivity contribution in [3.8, 4) is 0 Å². The third-order valence-electron chi connectivity index (χ3n) is 2.74. The molecule has 60 valence electrons. The first-order chi connectivity index (χ1) is 4.84. The van der Waals surface area contributed by atoms with Gasteiger partial charge >= 0.3 is 0 Å². The van der Waals surface area contributed by atoms with E-state index in [1.807, 2.05) is 0 Å². The van der Waals surface area contributed by atoms with Gasteiger partial charge in [-0.15, -0.1) is 0 Å². The van der Waals surface area contributed by atoms with Crippen molar-refractivity contribution in [2.24, 2.45) is 11.8 Å². The number of hydrogen-bond acceptors (Lipinski definition) is 1. The molecule has 0 heterocycles. The van der Waals surface area contributed by atoms with E-state index in [2.05, 4.69) is 6.92 Å². The van der Waals surface area contributed by atoms with Gasteiger partial charge in [0.2, 0.25) is 0 Å². The van der Waals surface area contributed by atoms with Crippen LogP contribution in [0.4, 0.5) is 0 Å². The summed E-state index contributed by atoms with van der Waals surface area (Å²) in [5.41, 5.74) is 0. The van der Waals surface area contributed by atoms with Crippen LogP contribution in [0.2, 0.25) is 0 Å². The third kappa shape index (κ3) is 1.98. The van der Waals surface area contributed by atoms with Crippen LogP contribution in [0.15, 0.2) is 0 Å². The van der Waals surface area contributed by atoms with Crippen molar-refractivity contribution in [3.63, 3.8) is 0 Å². The van der Waals surface area contributed by atoms with Gasteiger partial charge in [0.25, 0.3) is 0 Å². The predicted molar refractivity (Wildman–Crippen MR) is 42.8 cm³/mol.